The molecule has 0 unspecified atom stereocenters. The maximum Gasteiger partial charge on any atom is 0.126 e. The standard InChI is InChI=1S/C22H32O2.C4H11N/c1-6-7-8-9-17-13-20(23)21(22(24)16(17)5)19-12-15(4)10-11-18(19)14(2)3;1-3-5-4-2/h12-13,18-19,23-24H,2,6-11H2,1,3-5H3;5H,3-4H2,1-2H3/p+1/t18-,19+;/m0./s1. The third-order valence-electron chi connectivity index (χ3n) is 6.02. The first-order valence-electron chi connectivity index (χ1n) is 11.5. The smallest absolute Gasteiger partial charge is 0.126 e. The minimum atomic E-state index is 0.0136. The average molecular weight is 403 g/mol. The lowest BCUT2D eigenvalue weighted by Crippen LogP contribution is -2.82. The van der Waals surface area contributed by atoms with Gasteiger partial charge in [-0.25, -0.2) is 0 Å². The Hall–Kier alpha value is -1.74. The minimum absolute atomic E-state index is 0.0136. The molecule has 1 aromatic rings. The van der Waals surface area contributed by atoms with E-state index >= 15 is 0 Å². The van der Waals surface area contributed by atoms with Crippen molar-refractivity contribution in [1.29, 1.82) is 0 Å². The number of quaternary nitrogens is 1. The van der Waals surface area contributed by atoms with Crippen LogP contribution in [0.4, 0.5) is 0 Å². The quantitative estimate of drug-likeness (QED) is 0.383. The highest BCUT2D eigenvalue weighted by atomic mass is 16.3. The summed E-state index contributed by atoms with van der Waals surface area (Å²) in [6.45, 7) is 19.2. The lowest BCUT2D eigenvalue weighted by molar-refractivity contribution is -0.648. The van der Waals surface area contributed by atoms with E-state index in [-0.39, 0.29) is 23.3 Å². The minimum Gasteiger partial charge on any atom is -0.507 e. The Labute approximate surface area is 178 Å². The summed E-state index contributed by atoms with van der Waals surface area (Å²) >= 11 is 0. The lowest BCUT2D eigenvalue weighted by atomic mass is 9.73. The number of hydrogen-bond donors (Lipinski definition) is 3. The number of aryl methyl sites for hydroxylation is 1. The van der Waals surface area contributed by atoms with Crippen LogP contribution in [0.1, 0.15) is 89.3 Å². The molecule has 0 aliphatic heterocycles. The van der Waals surface area contributed by atoms with Crippen molar-refractivity contribution in [1.82, 2.24) is 0 Å². The second kappa shape index (κ2) is 12.7. The molecule has 29 heavy (non-hydrogen) atoms. The van der Waals surface area contributed by atoms with Crippen molar-refractivity contribution in [3.63, 3.8) is 0 Å². The Balaban J connectivity index is 0.000000749. The van der Waals surface area contributed by atoms with Crippen LogP contribution < -0.4 is 5.32 Å². The Kier molecular flexibility index (Phi) is 11.1. The number of phenolic OH excluding ortho intramolecular Hbond substituents is 2. The highest BCUT2D eigenvalue weighted by Crippen LogP contribution is 2.47. The van der Waals surface area contributed by atoms with E-state index in [1.54, 1.807) is 0 Å². The van der Waals surface area contributed by atoms with Crippen LogP contribution in [0.15, 0.2) is 29.9 Å². The van der Waals surface area contributed by atoms with Gasteiger partial charge in [0, 0.05) is 11.5 Å². The molecule has 1 aliphatic rings. The second-order valence-electron chi connectivity index (χ2n) is 8.53. The zero-order valence-electron chi connectivity index (χ0n) is 19.6. The third kappa shape index (κ3) is 7.22. The van der Waals surface area contributed by atoms with Crippen molar-refractivity contribution in [3.05, 3.63) is 46.6 Å². The van der Waals surface area contributed by atoms with Crippen LogP contribution in [0.2, 0.25) is 0 Å². The molecule has 3 nitrogen and oxygen atoms in total. The summed E-state index contributed by atoms with van der Waals surface area (Å²) in [5, 5.41) is 23.8. The fourth-order valence-electron chi connectivity index (χ4n) is 4.18. The molecule has 3 heteroatoms. The third-order valence-corrected chi connectivity index (χ3v) is 6.02. The highest BCUT2D eigenvalue weighted by molar-refractivity contribution is 5.56. The van der Waals surface area contributed by atoms with Gasteiger partial charge in [-0.1, -0.05) is 43.6 Å². The zero-order chi connectivity index (χ0) is 22.0. The molecule has 4 N–H and O–H groups in total. The van der Waals surface area contributed by atoms with Crippen molar-refractivity contribution in [2.24, 2.45) is 5.92 Å². The molecule has 2 rings (SSSR count). The van der Waals surface area contributed by atoms with E-state index in [0.29, 0.717) is 5.56 Å². The highest BCUT2D eigenvalue weighted by Gasteiger charge is 2.30. The molecule has 0 fully saturated rings. The van der Waals surface area contributed by atoms with Crippen molar-refractivity contribution in [3.8, 4) is 11.5 Å². The van der Waals surface area contributed by atoms with Gasteiger partial charge in [-0.05, 0) is 83.4 Å². The first kappa shape index (κ1) is 25.3. The number of phenols is 2. The molecule has 164 valence electrons. The molecule has 0 bridgehead atoms. The van der Waals surface area contributed by atoms with E-state index in [2.05, 4.69) is 45.7 Å². The van der Waals surface area contributed by atoms with E-state index < -0.39 is 0 Å². The van der Waals surface area contributed by atoms with E-state index in [9.17, 15) is 10.2 Å². The van der Waals surface area contributed by atoms with E-state index in [0.717, 1.165) is 42.4 Å². The number of nitrogens with two attached hydrogens (primary N) is 1. The van der Waals surface area contributed by atoms with Crippen molar-refractivity contribution >= 4 is 0 Å². The predicted molar refractivity (Wildman–Crippen MR) is 125 cm³/mol. The average Bonchev–Trinajstić information content (AvgIpc) is 2.67. The fourth-order valence-corrected chi connectivity index (χ4v) is 4.18. The number of allylic oxidation sites excluding steroid dienone is 3. The molecule has 0 aromatic heterocycles. The Morgan fingerprint density at radius 3 is 2.31 bits per heavy atom. The monoisotopic (exact) mass is 402 g/mol. The summed E-state index contributed by atoms with van der Waals surface area (Å²) in [6, 6.07) is 1.87. The number of hydrogen-bond acceptors (Lipinski definition) is 2. The van der Waals surface area contributed by atoms with E-state index in [4.69, 9.17) is 0 Å². The van der Waals surface area contributed by atoms with Gasteiger partial charge in [0.05, 0.1) is 13.1 Å². The van der Waals surface area contributed by atoms with Gasteiger partial charge >= 0.3 is 0 Å². The van der Waals surface area contributed by atoms with E-state index in [1.807, 2.05) is 19.9 Å². The first-order valence-corrected chi connectivity index (χ1v) is 11.5. The fraction of sp³-hybridized carbons (Fsp3) is 0.615. The summed E-state index contributed by atoms with van der Waals surface area (Å²) < 4.78 is 0. The van der Waals surface area contributed by atoms with E-state index in [1.165, 1.54) is 31.5 Å². The summed E-state index contributed by atoms with van der Waals surface area (Å²) in [5.74, 6) is 0.783. The normalized spacial score (nSPS) is 18.6. The number of aromatic hydroxyl groups is 2. The summed E-state index contributed by atoms with van der Waals surface area (Å²) in [6.07, 6.45) is 8.62. The summed E-state index contributed by atoms with van der Waals surface area (Å²) in [4.78, 5) is 0. The number of benzene rings is 1. The Morgan fingerprint density at radius 2 is 1.79 bits per heavy atom. The van der Waals surface area contributed by atoms with Crippen LogP contribution in [-0.2, 0) is 6.42 Å². The molecule has 0 heterocycles. The second-order valence-corrected chi connectivity index (χ2v) is 8.53. The first-order chi connectivity index (χ1) is 13.8. The van der Waals surface area contributed by atoms with Crippen LogP contribution in [0.25, 0.3) is 0 Å². The topological polar surface area (TPSA) is 57.1 Å². The molecule has 0 radical (unpaired) electrons. The summed E-state index contributed by atoms with van der Waals surface area (Å²) in [5.41, 5.74) is 5.09. The van der Waals surface area contributed by atoms with Crippen LogP contribution in [0, 0.1) is 12.8 Å². The Morgan fingerprint density at radius 1 is 1.14 bits per heavy atom. The van der Waals surface area contributed by atoms with Crippen molar-refractivity contribution in [2.75, 3.05) is 13.1 Å². The van der Waals surface area contributed by atoms with Gasteiger partial charge in [0.25, 0.3) is 0 Å². The molecule has 2 atom stereocenters. The maximum atomic E-state index is 10.8. The van der Waals surface area contributed by atoms with Crippen LogP contribution >= 0.6 is 0 Å². The predicted octanol–water partition coefficient (Wildman–Crippen LogP) is 5.74. The molecule has 0 saturated carbocycles. The van der Waals surface area contributed by atoms with Gasteiger partial charge in [0.2, 0.25) is 0 Å². The molecule has 0 saturated heterocycles. The Bertz CT molecular complexity index is 688. The molecule has 0 spiro atoms. The van der Waals surface area contributed by atoms with Crippen LogP contribution in [0.3, 0.4) is 0 Å². The summed E-state index contributed by atoms with van der Waals surface area (Å²) in [7, 11) is 0. The number of unbranched alkanes of at least 4 members (excludes halogenated alkanes) is 2. The molecule has 1 aromatic carbocycles. The molecular formula is C26H44NO2+. The number of rotatable bonds is 8. The molecule has 0 amide bonds. The van der Waals surface area contributed by atoms with Crippen molar-refractivity contribution < 1.29 is 15.5 Å². The van der Waals surface area contributed by atoms with Crippen LogP contribution in [0.5, 0.6) is 11.5 Å². The van der Waals surface area contributed by atoms with Gasteiger partial charge in [-0.15, -0.1) is 0 Å². The molecular weight excluding hydrogens is 358 g/mol. The van der Waals surface area contributed by atoms with Gasteiger partial charge in [-0.3, -0.25) is 0 Å². The lowest BCUT2D eigenvalue weighted by Gasteiger charge is -2.32. The van der Waals surface area contributed by atoms with Crippen LogP contribution in [-0.4, -0.2) is 23.3 Å². The van der Waals surface area contributed by atoms with Gasteiger partial charge < -0.3 is 15.5 Å². The largest absolute Gasteiger partial charge is 0.507 e. The SMILES string of the molecule is C=C(C)[C@@H]1CCC(C)=C[C@H]1c1c(O)cc(CCCCC)c(C)c1O.CC[NH2+]CC. The van der Waals surface area contributed by atoms with Crippen molar-refractivity contribution in [2.45, 2.75) is 86.0 Å². The maximum absolute atomic E-state index is 10.8. The van der Waals surface area contributed by atoms with Gasteiger partial charge in [-0.2, -0.15) is 0 Å². The molecule has 1 aliphatic carbocycles. The van der Waals surface area contributed by atoms with Gasteiger partial charge in [0.15, 0.2) is 0 Å². The zero-order valence-corrected chi connectivity index (χ0v) is 19.6. The van der Waals surface area contributed by atoms with Gasteiger partial charge in [0.1, 0.15) is 11.5 Å².